The van der Waals surface area contributed by atoms with Gasteiger partial charge < -0.3 is 24.8 Å². The normalized spacial score (nSPS) is 15.2. The first kappa shape index (κ1) is 16.8. The monoisotopic (exact) mass is 248 g/mol. The molecule has 0 saturated carbocycles. The average Bonchev–Trinajstić information content (AvgIpc) is 2.20. The van der Waals surface area contributed by atoms with Crippen molar-refractivity contribution in [2.75, 3.05) is 60.7 Å². The van der Waals surface area contributed by atoms with Gasteiger partial charge in [-0.1, -0.05) is 0 Å². The number of rotatable bonds is 11. The number of nitrogens with one attached hydrogen (secondary N) is 1. The van der Waals surface area contributed by atoms with Crippen LogP contribution in [-0.4, -0.2) is 76.3 Å². The third-order valence-electron chi connectivity index (χ3n) is 2.24. The second kappa shape index (κ2) is 9.79. The minimum atomic E-state index is -0.680. The lowest BCUT2D eigenvalue weighted by molar-refractivity contribution is 0.0326. The molecule has 0 rings (SSSR count). The summed E-state index contributed by atoms with van der Waals surface area (Å²) < 4.78 is 10.2. The number of methoxy groups -OCH3 is 1. The maximum atomic E-state index is 10.0. The molecule has 17 heavy (non-hydrogen) atoms. The standard InChI is InChI=1S/C12H28N2O3/c1-12(15,11-14(2)3)10-13-6-5-7-17-9-8-16-4/h13,15H,5-11H2,1-4H3. The SMILES string of the molecule is COCCOCCCNCC(C)(O)CN(C)C. The highest BCUT2D eigenvalue weighted by atomic mass is 16.5. The summed E-state index contributed by atoms with van der Waals surface area (Å²) in [6, 6.07) is 0. The van der Waals surface area contributed by atoms with Crippen LogP contribution in [0.5, 0.6) is 0 Å². The van der Waals surface area contributed by atoms with Crippen molar-refractivity contribution in [1.82, 2.24) is 10.2 Å². The number of hydrogen-bond acceptors (Lipinski definition) is 5. The van der Waals surface area contributed by atoms with Crippen molar-refractivity contribution in [3.63, 3.8) is 0 Å². The van der Waals surface area contributed by atoms with Gasteiger partial charge in [0.05, 0.1) is 18.8 Å². The highest BCUT2D eigenvalue weighted by Gasteiger charge is 2.20. The topological polar surface area (TPSA) is 54.0 Å². The van der Waals surface area contributed by atoms with E-state index in [9.17, 15) is 5.11 Å². The summed E-state index contributed by atoms with van der Waals surface area (Å²) in [6.07, 6.45) is 0.946. The molecule has 0 saturated heterocycles. The Labute approximate surface area is 105 Å². The number of hydrogen-bond donors (Lipinski definition) is 2. The molecule has 0 amide bonds. The summed E-state index contributed by atoms with van der Waals surface area (Å²) in [5.74, 6) is 0. The van der Waals surface area contributed by atoms with E-state index in [1.807, 2.05) is 25.9 Å². The van der Waals surface area contributed by atoms with E-state index in [-0.39, 0.29) is 0 Å². The van der Waals surface area contributed by atoms with E-state index in [4.69, 9.17) is 9.47 Å². The number of ether oxygens (including phenoxy) is 2. The second-order valence-electron chi connectivity index (χ2n) is 4.87. The van der Waals surface area contributed by atoms with Gasteiger partial charge in [0.2, 0.25) is 0 Å². The Kier molecular flexibility index (Phi) is 9.68. The second-order valence-corrected chi connectivity index (χ2v) is 4.87. The fraction of sp³-hybridized carbons (Fsp3) is 1.00. The van der Waals surface area contributed by atoms with Crippen LogP contribution in [0.4, 0.5) is 0 Å². The van der Waals surface area contributed by atoms with Gasteiger partial charge >= 0.3 is 0 Å². The third-order valence-corrected chi connectivity index (χ3v) is 2.24. The van der Waals surface area contributed by atoms with E-state index < -0.39 is 5.60 Å². The van der Waals surface area contributed by atoms with Gasteiger partial charge in [-0.15, -0.1) is 0 Å². The van der Waals surface area contributed by atoms with Crippen molar-refractivity contribution in [3.05, 3.63) is 0 Å². The molecule has 0 heterocycles. The fourth-order valence-corrected chi connectivity index (χ4v) is 1.64. The van der Waals surface area contributed by atoms with E-state index in [2.05, 4.69) is 5.32 Å². The third kappa shape index (κ3) is 12.1. The van der Waals surface area contributed by atoms with Crippen molar-refractivity contribution in [1.29, 1.82) is 0 Å². The van der Waals surface area contributed by atoms with Gasteiger partial charge in [-0.3, -0.25) is 0 Å². The number of aliphatic hydroxyl groups is 1. The zero-order valence-electron chi connectivity index (χ0n) is 11.7. The van der Waals surface area contributed by atoms with E-state index in [0.29, 0.717) is 26.3 Å². The van der Waals surface area contributed by atoms with Crippen molar-refractivity contribution in [2.45, 2.75) is 18.9 Å². The molecular formula is C12H28N2O3. The summed E-state index contributed by atoms with van der Waals surface area (Å²) in [7, 11) is 5.58. The fourth-order valence-electron chi connectivity index (χ4n) is 1.64. The molecule has 1 unspecified atom stereocenters. The van der Waals surface area contributed by atoms with Crippen LogP contribution in [0.2, 0.25) is 0 Å². The molecule has 104 valence electrons. The molecule has 1 atom stereocenters. The van der Waals surface area contributed by atoms with Gasteiger partial charge in [0.15, 0.2) is 0 Å². The summed E-state index contributed by atoms with van der Waals surface area (Å²) in [4.78, 5) is 1.98. The predicted octanol–water partition coefficient (Wildman–Crippen LogP) is -0.0583. The van der Waals surface area contributed by atoms with Crippen LogP contribution in [0, 0.1) is 0 Å². The molecule has 0 radical (unpaired) electrons. The van der Waals surface area contributed by atoms with Crippen LogP contribution < -0.4 is 5.32 Å². The van der Waals surface area contributed by atoms with Crippen LogP contribution in [0.1, 0.15) is 13.3 Å². The average molecular weight is 248 g/mol. The zero-order valence-corrected chi connectivity index (χ0v) is 11.7. The minimum Gasteiger partial charge on any atom is -0.388 e. The zero-order chi connectivity index (χ0) is 13.1. The van der Waals surface area contributed by atoms with E-state index >= 15 is 0 Å². The largest absolute Gasteiger partial charge is 0.388 e. The number of nitrogens with zero attached hydrogens (tertiary/aromatic N) is 1. The molecule has 0 fully saturated rings. The van der Waals surface area contributed by atoms with E-state index in [1.54, 1.807) is 7.11 Å². The molecule has 0 bridgehead atoms. The van der Waals surface area contributed by atoms with Crippen LogP contribution in [0.3, 0.4) is 0 Å². The van der Waals surface area contributed by atoms with Gasteiger partial charge in [-0.2, -0.15) is 0 Å². The van der Waals surface area contributed by atoms with Crippen LogP contribution in [0.25, 0.3) is 0 Å². The molecular weight excluding hydrogens is 220 g/mol. The maximum absolute atomic E-state index is 10.0. The first-order valence-corrected chi connectivity index (χ1v) is 6.12. The van der Waals surface area contributed by atoms with Gasteiger partial charge in [-0.25, -0.2) is 0 Å². The minimum absolute atomic E-state index is 0.600. The maximum Gasteiger partial charge on any atom is 0.0869 e. The van der Waals surface area contributed by atoms with Gasteiger partial charge in [0.1, 0.15) is 0 Å². The lowest BCUT2D eigenvalue weighted by atomic mass is 10.1. The highest BCUT2D eigenvalue weighted by molar-refractivity contribution is 4.77. The molecule has 2 N–H and O–H groups in total. The lowest BCUT2D eigenvalue weighted by Crippen LogP contribution is -2.45. The molecule has 0 aromatic heterocycles. The first-order chi connectivity index (χ1) is 7.98. The summed E-state index contributed by atoms with van der Waals surface area (Å²) in [6.45, 7) is 5.98. The smallest absolute Gasteiger partial charge is 0.0869 e. The summed E-state index contributed by atoms with van der Waals surface area (Å²) >= 11 is 0. The number of likely N-dealkylation sites (N-methyl/N-ethyl adjacent to an activating group) is 1. The van der Waals surface area contributed by atoms with Crippen molar-refractivity contribution < 1.29 is 14.6 Å². The lowest BCUT2D eigenvalue weighted by Gasteiger charge is -2.27. The van der Waals surface area contributed by atoms with Crippen molar-refractivity contribution >= 4 is 0 Å². The summed E-state index contributed by atoms with van der Waals surface area (Å²) in [5.41, 5.74) is -0.680. The van der Waals surface area contributed by atoms with E-state index in [1.165, 1.54) is 0 Å². The molecule has 0 aliphatic heterocycles. The first-order valence-electron chi connectivity index (χ1n) is 6.12. The van der Waals surface area contributed by atoms with Gasteiger partial charge in [0.25, 0.3) is 0 Å². The van der Waals surface area contributed by atoms with E-state index in [0.717, 1.165) is 19.6 Å². The molecule has 5 heteroatoms. The Morgan fingerprint density at radius 3 is 2.53 bits per heavy atom. The molecule has 5 nitrogen and oxygen atoms in total. The molecule has 0 aliphatic carbocycles. The van der Waals surface area contributed by atoms with Crippen molar-refractivity contribution in [2.24, 2.45) is 0 Å². The molecule has 0 aromatic rings. The molecule has 0 spiro atoms. The van der Waals surface area contributed by atoms with Gasteiger partial charge in [0, 0.05) is 26.8 Å². The van der Waals surface area contributed by atoms with Gasteiger partial charge in [-0.05, 0) is 34.0 Å². The Balaban J connectivity index is 3.32. The Morgan fingerprint density at radius 1 is 1.24 bits per heavy atom. The Hall–Kier alpha value is -0.200. The molecule has 0 aliphatic rings. The molecule has 0 aromatic carbocycles. The van der Waals surface area contributed by atoms with Crippen LogP contribution >= 0.6 is 0 Å². The highest BCUT2D eigenvalue weighted by Crippen LogP contribution is 2.02. The van der Waals surface area contributed by atoms with Crippen LogP contribution in [0.15, 0.2) is 0 Å². The van der Waals surface area contributed by atoms with Crippen molar-refractivity contribution in [3.8, 4) is 0 Å². The quantitative estimate of drug-likeness (QED) is 0.502. The Morgan fingerprint density at radius 2 is 1.94 bits per heavy atom. The Bertz CT molecular complexity index is 175. The van der Waals surface area contributed by atoms with Crippen LogP contribution in [-0.2, 0) is 9.47 Å². The predicted molar refractivity (Wildman–Crippen MR) is 69.4 cm³/mol. The summed E-state index contributed by atoms with van der Waals surface area (Å²) in [5, 5.41) is 13.2.